The minimum Gasteiger partial charge on any atom is -0.422 e. The number of benzene rings is 2. The summed E-state index contributed by atoms with van der Waals surface area (Å²) in [6, 6.07) is 17.0. The lowest BCUT2D eigenvalue weighted by Gasteiger charge is -2.06. The topological polar surface area (TPSA) is 83.1 Å². The third-order valence-electron chi connectivity index (χ3n) is 3.18. The van der Waals surface area contributed by atoms with Gasteiger partial charge in [-0.2, -0.15) is 5.26 Å². The fraction of sp³-hybridized carbons (Fsp3) is 0. The average molecular weight is 290 g/mol. The van der Waals surface area contributed by atoms with E-state index < -0.39 is 11.5 Å². The molecule has 1 N–H and O–H groups in total. The molecule has 0 bridgehead atoms. The lowest BCUT2D eigenvalue weighted by atomic mass is 10.1. The normalized spacial score (nSPS) is 10.1. The third-order valence-corrected chi connectivity index (χ3v) is 3.18. The molecule has 0 unspecified atom stereocenters. The molecule has 2 aromatic carbocycles. The van der Waals surface area contributed by atoms with Gasteiger partial charge in [-0.1, -0.05) is 30.3 Å². The summed E-state index contributed by atoms with van der Waals surface area (Å²) in [5, 5.41) is 12.2. The number of nitrogens with zero attached hydrogens (tertiary/aromatic N) is 1. The van der Waals surface area contributed by atoms with Gasteiger partial charge in [0.1, 0.15) is 17.2 Å². The van der Waals surface area contributed by atoms with E-state index in [1.54, 1.807) is 48.5 Å². The van der Waals surface area contributed by atoms with Crippen molar-refractivity contribution in [2.24, 2.45) is 0 Å². The van der Waals surface area contributed by atoms with Crippen molar-refractivity contribution in [1.82, 2.24) is 0 Å². The second-order valence-electron chi connectivity index (χ2n) is 4.60. The number of amides is 1. The van der Waals surface area contributed by atoms with Crippen LogP contribution in [0.5, 0.6) is 0 Å². The average Bonchev–Trinajstić information content (AvgIpc) is 2.54. The van der Waals surface area contributed by atoms with Crippen LogP contribution in [-0.4, -0.2) is 5.91 Å². The van der Waals surface area contributed by atoms with Crippen LogP contribution in [0.25, 0.3) is 11.0 Å². The molecule has 5 heteroatoms. The first-order chi connectivity index (χ1) is 10.7. The highest BCUT2D eigenvalue weighted by Gasteiger charge is 2.15. The largest absolute Gasteiger partial charge is 0.422 e. The molecule has 22 heavy (non-hydrogen) atoms. The summed E-state index contributed by atoms with van der Waals surface area (Å²) >= 11 is 0. The van der Waals surface area contributed by atoms with E-state index in [0.717, 1.165) is 0 Å². The quantitative estimate of drug-likeness (QED) is 0.735. The molecule has 0 saturated heterocycles. The van der Waals surface area contributed by atoms with Gasteiger partial charge in [0.15, 0.2) is 0 Å². The second-order valence-corrected chi connectivity index (χ2v) is 4.60. The summed E-state index contributed by atoms with van der Waals surface area (Å²) in [5.41, 5.74) is 0.266. The molecule has 1 aromatic heterocycles. The lowest BCUT2D eigenvalue weighted by Crippen LogP contribution is -2.21. The van der Waals surface area contributed by atoms with Gasteiger partial charge in [-0.15, -0.1) is 0 Å². The monoisotopic (exact) mass is 290 g/mol. The van der Waals surface area contributed by atoms with Crippen molar-refractivity contribution in [1.29, 1.82) is 5.26 Å². The maximum Gasteiger partial charge on any atom is 0.349 e. The molecule has 3 aromatic rings. The van der Waals surface area contributed by atoms with E-state index >= 15 is 0 Å². The molecule has 0 saturated carbocycles. The molecule has 0 aliphatic rings. The van der Waals surface area contributed by atoms with Gasteiger partial charge in [-0.3, -0.25) is 4.79 Å². The highest BCUT2D eigenvalue weighted by molar-refractivity contribution is 6.06. The minimum absolute atomic E-state index is 0.105. The molecule has 0 atom stereocenters. The Bertz CT molecular complexity index is 967. The van der Waals surface area contributed by atoms with Crippen molar-refractivity contribution in [2.45, 2.75) is 0 Å². The van der Waals surface area contributed by atoms with Gasteiger partial charge in [0.05, 0.1) is 11.3 Å². The van der Waals surface area contributed by atoms with Crippen molar-refractivity contribution < 1.29 is 9.21 Å². The summed E-state index contributed by atoms with van der Waals surface area (Å²) in [5.74, 6) is -0.609. The minimum atomic E-state index is -0.717. The lowest BCUT2D eigenvalue weighted by molar-refractivity contribution is 0.102. The van der Waals surface area contributed by atoms with Crippen LogP contribution in [0, 0.1) is 11.3 Å². The Morgan fingerprint density at radius 3 is 2.64 bits per heavy atom. The number of rotatable bonds is 2. The third kappa shape index (κ3) is 2.45. The van der Waals surface area contributed by atoms with E-state index in [0.29, 0.717) is 22.2 Å². The van der Waals surface area contributed by atoms with E-state index in [1.165, 1.54) is 6.07 Å². The maximum atomic E-state index is 12.3. The zero-order valence-electron chi connectivity index (χ0n) is 11.4. The first kappa shape index (κ1) is 13.6. The van der Waals surface area contributed by atoms with Crippen LogP contribution in [0.3, 0.4) is 0 Å². The summed E-state index contributed by atoms with van der Waals surface area (Å²) in [6.07, 6.45) is 0. The number of hydrogen-bond donors (Lipinski definition) is 1. The van der Waals surface area contributed by atoms with Crippen molar-refractivity contribution in [3.05, 3.63) is 76.1 Å². The Hall–Kier alpha value is -3.39. The van der Waals surface area contributed by atoms with Crippen LogP contribution >= 0.6 is 0 Å². The Morgan fingerprint density at radius 1 is 1.09 bits per heavy atom. The molecule has 0 radical (unpaired) electrons. The summed E-state index contributed by atoms with van der Waals surface area (Å²) in [4.78, 5) is 24.2. The molecule has 0 aliphatic carbocycles. The van der Waals surface area contributed by atoms with Crippen molar-refractivity contribution in [3.63, 3.8) is 0 Å². The molecule has 1 heterocycles. The fourth-order valence-corrected chi connectivity index (χ4v) is 2.10. The van der Waals surface area contributed by atoms with Crippen LogP contribution in [-0.2, 0) is 0 Å². The standard InChI is InChI=1S/C17H10N2O3/c18-10-12-6-1-3-7-14(12)19-16(20)13-9-11-5-2-4-8-15(11)22-17(13)21/h1-9H,(H,19,20). The van der Waals surface area contributed by atoms with Gasteiger partial charge in [-0.05, 0) is 24.3 Å². The Balaban J connectivity index is 2.01. The summed E-state index contributed by atoms with van der Waals surface area (Å²) in [7, 11) is 0. The first-order valence-corrected chi connectivity index (χ1v) is 6.52. The molecule has 0 aliphatic heterocycles. The number of fused-ring (bicyclic) bond motifs is 1. The number of anilines is 1. The van der Waals surface area contributed by atoms with Gasteiger partial charge >= 0.3 is 5.63 Å². The first-order valence-electron chi connectivity index (χ1n) is 6.52. The van der Waals surface area contributed by atoms with Gasteiger partial charge < -0.3 is 9.73 Å². The molecule has 0 fully saturated rings. The van der Waals surface area contributed by atoms with E-state index in [9.17, 15) is 9.59 Å². The number of nitrogens with one attached hydrogen (secondary N) is 1. The van der Waals surface area contributed by atoms with Crippen LogP contribution in [0.15, 0.2) is 63.8 Å². The fourth-order valence-electron chi connectivity index (χ4n) is 2.10. The van der Waals surface area contributed by atoms with Crippen LogP contribution in [0.4, 0.5) is 5.69 Å². The molecule has 3 rings (SSSR count). The number of hydrogen-bond acceptors (Lipinski definition) is 4. The number of nitriles is 1. The van der Waals surface area contributed by atoms with Crippen LogP contribution in [0.1, 0.15) is 15.9 Å². The van der Waals surface area contributed by atoms with E-state index in [1.807, 2.05) is 6.07 Å². The Labute approximate surface area is 125 Å². The van der Waals surface area contributed by atoms with Gasteiger partial charge in [-0.25, -0.2) is 4.79 Å². The molecular formula is C17H10N2O3. The van der Waals surface area contributed by atoms with Crippen molar-refractivity contribution >= 4 is 22.6 Å². The molecule has 0 spiro atoms. The highest BCUT2D eigenvalue weighted by atomic mass is 16.4. The predicted molar refractivity (Wildman–Crippen MR) is 81.6 cm³/mol. The highest BCUT2D eigenvalue weighted by Crippen LogP contribution is 2.16. The zero-order chi connectivity index (χ0) is 15.5. The zero-order valence-corrected chi connectivity index (χ0v) is 11.4. The van der Waals surface area contributed by atoms with Gasteiger partial charge in [0.2, 0.25) is 0 Å². The summed E-state index contributed by atoms with van der Waals surface area (Å²) in [6.45, 7) is 0. The SMILES string of the molecule is N#Cc1ccccc1NC(=O)c1cc2ccccc2oc1=O. The number of carbonyl (C=O) groups excluding carboxylic acids is 1. The maximum absolute atomic E-state index is 12.3. The van der Waals surface area contributed by atoms with E-state index in [-0.39, 0.29) is 5.56 Å². The van der Waals surface area contributed by atoms with E-state index in [2.05, 4.69) is 5.32 Å². The van der Waals surface area contributed by atoms with E-state index in [4.69, 9.17) is 9.68 Å². The molecular weight excluding hydrogens is 280 g/mol. The van der Waals surface area contributed by atoms with Gasteiger partial charge in [0, 0.05) is 5.39 Å². The molecule has 106 valence electrons. The second kappa shape index (κ2) is 5.54. The predicted octanol–water partition coefficient (Wildman–Crippen LogP) is 2.92. The number of para-hydroxylation sites is 2. The van der Waals surface area contributed by atoms with Gasteiger partial charge in [0.25, 0.3) is 5.91 Å². The van der Waals surface area contributed by atoms with Crippen molar-refractivity contribution in [3.8, 4) is 6.07 Å². The molecule has 5 nitrogen and oxygen atoms in total. The number of carbonyl (C=O) groups is 1. The Morgan fingerprint density at radius 2 is 1.82 bits per heavy atom. The molecule has 1 amide bonds. The Kier molecular flexibility index (Phi) is 3.42. The summed E-state index contributed by atoms with van der Waals surface area (Å²) < 4.78 is 5.13. The smallest absolute Gasteiger partial charge is 0.349 e. The van der Waals surface area contributed by atoms with Crippen LogP contribution < -0.4 is 10.9 Å². The van der Waals surface area contributed by atoms with Crippen LogP contribution in [0.2, 0.25) is 0 Å². The van der Waals surface area contributed by atoms with Crippen molar-refractivity contribution in [2.75, 3.05) is 5.32 Å².